The van der Waals surface area contributed by atoms with Crippen molar-refractivity contribution in [2.24, 2.45) is 0 Å². The number of nitrogens with zero attached hydrogens (tertiary/aromatic N) is 1. The van der Waals surface area contributed by atoms with E-state index in [1.165, 1.54) is 12.0 Å². The molecule has 1 amide bonds. The highest BCUT2D eigenvalue weighted by molar-refractivity contribution is 9.10. The number of ether oxygens (including phenoxy) is 1. The lowest BCUT2D eigenvalue weighted by Crippen LogP contribution is -2.31. The number of rotatable bonds is 5. The van der Waals surface area contributed by atoms with Crippen LogP contribution in [-0.4, -0.2) is 23.9 Å². The van der Waals surface area contributed by atoms with Crippen molar-refractivity contribution < 1.29 is 23.8 Å². The average Bonchev–Trinajstić information content (AvgIpc) is 3.39. The molecule has 1 aliphatic heterocycles. The van der Waals surface area contributed by atoms with Gasteiger partial charge in [0.05, 0.1) is 18.7 Å². The zero-order valence-corrected chi connectivity index (χ0v) is 20.9. The topological polar surface area (TPSA) is 80.0 Å². The van der Waals surface area contributed by atoms with Gasteiger partial charge in [-0.25, -0.2) is 0 Å². The number of Topliss-reactive ketones (excluding diaryl/α,β-unsaturated/α-hetero) is 1. The molecule has 5 rings (SSSR count). The highest BCUT2D eigenvalue weighted by Crippen LogP contribution is 2.45. The summed E-state index contributed by atoms with van der Waals surface area (Å²) in [6.07, 6.45) is 0. The second kappa shape index (κ2) is 8.74. The number of amides is 1. The lowest BCUT2D eigenvalue weighted by molar-refractivity contribution is -0.117. The van der Waals surface area contributed by atoms with E-state index in [1.54, 1.807) is 30.3 Å². The van der Waals surface area contributed by atoms with Gasteiger partial charge in [0.15, 0.2) is 11.5 Å². The molecular weight excluding hydrogens is 510 g/mol. The fourth-order valence-electron chi connectivity index (χ4n) is 4.42. The highest BCUT2D eigenvalue weighted by atomic mass is 79.9. The Bertz CT molecular complexity index is 1530. The number of para-hydroxylation sites is 1. The predicted molar refractivity (Wildman–Crippen MR) is 137 cm³/mol. The quantitative estimate of drug-likeness (QED) is 0.293. The fourth-order valence-corrected chi connectivity index (χ4v) is 4.80. The smallest absolute Gasteiger partial charge is 0.294 e. The number of furan rings is 1. The molecule has 35 heavy (non-hydrogen) atoms. The number of fused-ring (bicyclic) bond motifs is 1. The van der Waals surface area contributed by atoms with Gasteiger partial charge in [0, 0.05) is 21.1 Å². The molecule has 0 spiro atoms. The number of hydrogen-bond acceptors (Lipinski definition) is 5. The molecule has 0 bridgehead atoms. The van der Waals surface area contributed by atoms with Crippen molar-refractivity contribution in [3.05, 3.63) is 105 Å². The van der Waals surface area contributed by atoms with E-state index in [9.17, 15) is 14.7 Å². The van der Waals surface area contributed by atoms with Crippen LogP contribution in [-0.2, 0) is 4.79 Å². The maximum atomic E-state index is 13.8. The van der Waals surface area contributed by atoms with E-state index in [0.717, 1.165) is 21.0 Å². The van der Waals surface area contributed by atoms with Gasteiger partial charge in [-0.1, -0.05) is 40.2 Å². The molecule has 1 atom stereocenters. The molecule has 7 heteroatoms. The number of anilines is 1. The SMILES string of the molecule is COc1ccccc1C1C(C(=O)c2cc3cc(Br)ccc3o2)=C(O)C(=O)N1c1ccc(C)c(C)c1. The number of carbonyl (C=O) groups is 2. The van der Waals surface area contributed by atoms with Gasteiger partial charge < -0.3 is 14.3 Å². The van der Waals surface area contributed by atoms with Crippen molar-refractivity contribution in [3.63, 3.8) is 0 Å². The summed E-state index contributed by atoms with van der Waals surface area (Å²) in [5.41, 5.74) is 3.66. The Balaban J connectivity index is 1.70. The highest BCUT2D eigenvalue weighted by Gasteiger charge is 2.46. The van der Waals surface area contributed by atoms with E-state index in [2.05, 4.69) is 15.9 Å². The first kappa shape index (κ1) is 22.9. The zero-order valence-electron chi connectivity index (χ0n) is 19.3. The molecule has 1 N–H and O–H groups in total. The summed E-state index contributed by atoms with van der Waals surface area (Å²) in [5, 5.41) is 11.8. The number of benzene rings is 3. The third-order valence-electron chi connectivity index (χ3n) is 6.36. The molecule has 6 nitrogen and oxygen atoms in total. The van der Waals surface area contributed by atoms with Crippen LogP contribution < -0.4 is 9.64 Å². The van der Waals surface area contributed by atoms with Crippen molar-refractivity contribution in [1.29, 1.82) is 0 Å². The molecule has 1 aliphatic rings. The minimum absolute atomic E-state index is 0.0364. The first-order valence-corrected chi connectivity index (χ1v) is 11.8. The largest absolute Gasteiger partial charge is 0.503 e. The van der Waals surface area contributed by atoms with E-state index in [0.29, 0.717) is 22.6 Å². The van der Waals surface area contributed by atoms with Crippen LogP contribution in [0.4, 0.5) is 5.69 Å². The molecule has 176 valence electrons. The summed E-state index contributed by atoms with van der Waals surface area (Å²) in [6.45, 7) is 3.93. The van der Waals surface area contributed by atoms with E-state index >= 15 is 0 Å². The van der Waals surface area contributed by atoms with Crippen LogP contribution in [0, 0.1) is 13.8 Å². The number of ketones is 1. The number of aliphatic hydroxyl groups is 1. The summed E-state index contributed by atoms with van der Waals surface area (Å²) in [6, 6.07) is 18.8. The third-order valence-corrected chi connectivity index (χ3v) is 6.85. The number of methoxy groups -OCH3 is 1. The molecule has 0 saturated carbocycles. The maximum Gasteiger partial charge on any atom is 0.294 e. The van der Waals surface area contributed by atoms with Gasteiger partial charge in [0.1, 0.15) is 11.3 Å². The van der Waals surface area contributed by atoms with Crippen molar-refractivity contribution in [1.82, 2.24) is 0 Å². The van der Waals surface area contributed by atoms with Gasteiger partial charge in [-0.05, 0) is 67.4 Å². The second-order valence-electron chi connectivity index (χ2n) is 8.47. The predicted octanol–water partition coefficient (Wildman–Crippen LogP) is 6.60. The molecule has 3 aromatic carbocycles. The van der Waals surface area contributed by atoms with Gasteiger partial charge in [0.2, 0.25) is 5.78 Å². The molecule has 4 aromatic rings. The second-order valence-corrected chi connectivity index (χ2v) is 9.39. The van der Waals surface area contributed by atoms with E-state index in [-0.39, 0.29) is 11.3 Å². The molecular formula is C28H22BrNO5. The summed E-state index contributed by atoms with van der Waals surface area (Å²) in [7, 11) is 1.53. The normalized spacial score (nSPS) is 15.8. The van der Waals surface area contributed by atoms with Crippen LogP contribution in [0.5, 0.6) is 5.75 Å². The lowest BCUT2D eigenvalue weighted by Gasteiger charge is -2.28. The molecule has 2 heterocycles. The Hall–Kier alpha value is -3.84. The fraction of sp³-hybridized carbons (Fsp3) is 0.143. The minimum Gasteiger partial charge on any atom is -0.503 e. The standard InChI is InChI=1S/C28H22BrNO5/c1-15-8-10-19(12-16(15)2)30-25(20-6-4-5-7-22(20)34-3)24(27(32)28(30)33)26(31)23-14-17-13-18(29)9-11-21(17)35-23/h4-14,25,32H,1-3H3. The molecule has 0 aliphatic carbocycles. The van der Waals surface area contributed by atoms with Crippen LogP contribution in [0.2, 0.25) is 0 Å². The number of aliphatic hydroxyl groups excluding tert-OH is 1. The summed E-state index contributed by atoms with van der Waals surface area (Å²) in [4.78, 5) is 28.7. The van der Waals surface area contributed by atoms with E-state index < -0.39 is 23.5 Å². The molecule has 1 aromatic heterocycles. The van der Waals surface area contributed by atoms with Crippen molar-refractivity contribution in [2.45, 2.75) is 19.9 Å². The van der Waals surface area contributed by atoms with Crippen LogP contribution in [0.1, 0.15) is 33.3 Å². The lowest BCUT2D eigenvalue weighted by atomic mass is 9.94. The van der Waals surface area contributed by atoms with E-state index in [4.69, 9.17) is 9.15 Å². The monoisotopic (exact) mass is 531 g/mol. The Morgan fingerprint density at radius 3 is 2.54 bits per heavy atom. The molecule has 0 radical (unpaired) electrons. The molecule has 0 saturated heterocycles. The molecule has 1 unspecified atom stereocenters. The van der Waals surface area contributed by atoms with Gasteiger partial charge in [-0.3, -0.25) is 14.5 Å². The number of halogens is 1. The Morgan fingerprint density at radius 1 is 1.03 bits per heavy atom. The summed E-state index contributed by atoms with van der Waals surface area (Å²) in [5.74, 6) is -1.30. The number of hydrogen-bond donors (Lipinski definition) is 1. The summed E-state index contributed by atoms with van der Waals surface area (Å²) < 4.78 is 12.2. The average molecular weight is 532 g/mol. The maximum absolute atomic E-state index is 13.8. The third kappa shape index (κ3) is 3.82. The van der Waals surface area contributed by atoms with Crippen molar-refractivity contribution in [3.8, 4) is 5.75 Å². The number of aryl methyl sites for hydroxylation is 2. The van der Waals surface area contributed by atoms with Gasteiger partial charge >= 0.3 is 0 Å². The van der Waals surface area contributed by atoms with Gasteiger partial charge in [0.25, 0.3) is 5.91 Å². The zero-order chi connectivity index (χ0) is 24.9. The van der Waals surface area contributed by atoms with Crippen LogP contribution in [0.25, 0.3) is 11.0 Å². The first-order chi connectivity index (χ1) is 16.8. The van der Waals surface area contributed by atoms with Crippen LogP contribution in [0.15, 0.2) is 87.0 Å². The van der Waals surface area contributed by atoms with Crippen LogP contribution in [0.3, 0.4) is 0 Å². The number of carbonyl (C=O) groups excluding carboxylic acids is 2. The van der Waals surface area contributed by atoms with Crippen LogP contribution >= 0.6 is 15.9 Å². The van der Waals surface area contributed by atoms with Crippen molar-refractivity contribution in [2.75, 3.05) is 12.0 Å². The Morgan fingerprint density at radius 2 is 1.80 bits per heavy atom. The first-order valence-electron chi connectivity index (χ1n) is 11.0. The van der Waals surface area contributed by atoms with Gasteiger partial charge in [-0.2, -0.15) is 0 Å². The van der Waals surface area contributed by atoms with E-state index in [1.807, 2.05) is 50.2 Å². The summed E-state index contributed by atoms with van der Waals surface area (Å²) >= 11 is 3.42. The Kier molecular flexibility index (Phi) is 5.73. The van der Waals surface area contributed by atoms with Crippen molar-refractivity contribution >= 4 is 44.3 Å². The molecule has 0 fully saturated rings. The Labute approximate surface area is 210 Å². The van der Waals surface area contributed by atoms with Gasteiger partial charge in [-0.15, -0.1) is 0 Å². The minimum atomic E-state index is -0.909.